The number of rotatable bonds is 4. The van der Waals surface area contributed by atoms with Crippen molar-refractivity contribution >= 4 is 29.2 Å². The lowest BCUT2D eigenvalue weighted by molar-refractivity contribution is -0.138. The SMILES string of the molecule is Cc1cc(Cl)ccc1C[C@H](C(=O)O)c1ccc(Cl)cc1. The third-order valence-corrected chi connectivity index (χ3v) is 3.79. The van der Waals surface area contributed by atoms with Crippen LogP contribution in [0.1, 0.15) is 22.6 Å². The highest BCUT2D eigenvalue weighted by Gasteiger charge is 2.21. The van der Waals surface area contributed by atoms with E-state index in [0.29, 0.717) is 16.5 Å². The minimum absolute atomic E-state index is 0.431. The van der Waals surface area contributed by atoms with Gasteiger partial charge in [0.05, 0.1) is 5.92 Å². The van der Waals surface area contributed by atoms with E-state index in [0.717, 1.165) is 16.7 Å². The average molecular weight is 309 g/mol. The molecule has 0 radical (unpaired) electrons. The number of aryl methyl sites for hydroxylation is 1. The third-order valence-electron chi connectivity index (χ3n) is 3.30. The molecule has 20 heavy (non-hydrogen) atoms. The maximum absolute atomic E-state index is 11.5. The van der Waals surface area contributed by atoms with Gasteiger partial charge in [0.2, 0.25) is 0 Å². The Morgan fingerprint density at radius 1 is 1.10 bits per heavy atom. The number of carboxylic acids is 1. The highest BCUT2D eigenvalue weighted by atomic mass is 35.5. The number of halogens is 2. The Balaban J connectivity index is 2.30. The quantitative estimate of drug-likeness (QED) is 0.888. The summed E-state index contributed by atoms with van der Waals surface area (Å²) in [5.41, 5.74) is 2.73. The molecule has 2 nitrogen and oxygen atoms in total. The first-order chi connectivity index (χ1) is 9.47. The number of hydrogen-bond donors (Lipinski definition) is 1. The van der Waals surface area contributed by atoms with Gasteiger partial charge < -0.3 is 5.11 Å². The highest BCUT2D eigenvalue weighted by molar-refractivity contribution is 6.30. The Morgan fingerprint density at radius 2 is 1.70 bits per heavy atom. The van der Waals surface area contributed by atoms with Crippen LogP contribution in [0.25, 0.3) is 0 Å². The first kappa shape index (κ1) is 14.9. The van der Waals surface area contributed by atoms with Crippen LogP contribution in [0.5, 0.6) is 0 Å². The number of aliphatic carboxylic acids is 1. The summed E-state index contributed by atoms with van der Waals surface area (Å²) in [5.74, 6) is -1.44. The van der Waals surface area contributed by atoms with Crippen molar-refractivity contribution in [1.29, 1.82) is 0 Å². The van der Waals surface area contributed by atoms with Crippen LogP contribution in [0.4, 0.5) is 0 Å². The molecule has 104 valence electrons. The monoisotopic (exact) mass is 308 g/mol. The van der Waals surface area contributed by atoms with Crippen LogP contribution in [0.3, 0.4) is 0 Å². The zero-order valence-electron chi connectivity index (χ0n) is 10.9. The predicted molar refractivity (Wildman–Crippen MR) is 81.7 cm³/mol. The van der Waals surface area contributed by atoms with E-state index in [9.17, 15) is 9.90 Å². The molecule has 2 aromatic carbocycles. The van der Waals surface area contributed by atoms with Gasteiger partial charge >= 0.3 is 5.97 Å². The van der Waals surface area contributed by atoms with Crippen LogP contribution in [-0.2, 0) is 11.2 Å². The van der Waals surface area contributed by atoms with Crippen LogP contribution in [-0.4, -0.2) is 11.1 Å². The normalized spacial score (nSPS) is 12.2. The molecule has 0 saturated carbocycles. The second-order valence-electron chi connectivity index (χ2n) is 4.72. The van der Waals surface area contributed by atoms with E-state index < -0.39 is 11.9 Å². The van der Waals surface area contributed by atoms with Crippen molar-refractivity contribution in [3.8, 4) is 0 Å². The molecule has 0 aliphatic heterocycles. The third kappa shape index (κ3) is 3.53. The highest BCUT2D eigenvalue weighted by Crippen LogP contribution is 2.25. The summed E-state index contributed by atoms with van der Waals surface area (Å²) in [6, 6.07) is 12.4. The smallest absolute Gasteiger partial charge is 0.311 e. The van der Waals surface area contributed by atoms with Crippen molar-refractivity contribution in [2.45, 2.75) is 19.3 Å². The van der Waals surface area contributed by atoms with Crippen molar-refractivity contribution in [2.75, 3.05) is 0 Å². The van der Waals surface area contributed by atoms with E-state index in [1.165, 1.54) is 0 Å². The molecule has 2 aromatic rings. The summed E-state index contributed by atoms with van der Waals surface area (Å²) in [6.45, 7) is 1.93. The summed E-state index contributed by atoms with van der Waals surface area (Å²) < 4.78 is 0. The lowest BCUT2D eigenvalue weighted by Crippen LogP contribution is -2.15. The van der Waals surface area contributed by atoms with E-state index in [2.05, 4.69) is 0 Å². The number of carbonyl (C=O) groups is 1. The fourth-order valence-corrected chi connectivity index (χ4v) is 2.50. The van der Waals surface area contributed by atoms with Crippen LogP contribution < -0.4 is 0 Å². The van der Waals surface area contributed by atoms with Gasteiger partial charge in [0.25, 0.3) is 0 Å². The van der Waals surface area contributed by atoms with E-state index in [1.54, 1.807) is 30.3 Å². The van der Waals surface area contributed by atoms with Gasteiger partial charge in [0.1, 0.15) is 0 Å². The van der Waals surface area contributed by atoms with Gasteiger partial charge in [-0.2, -0.15) is 0 Å². The number of benzene rings is 2. The maximum Gasteiger partial charge on any atom is 0.311 e. The summed E-state index contributed by atoms with van der Waals surface area (Å²) in [6.07, 6.45) is 0.431. The maximum atomic E-state index is 11.5. The van der Waals surface area contributed by atoms with Gasteiger partial charge in [-0.1, -0.05) is 41.4 Å². The van der Waals surface area contributed by atoms with Gasteiger partial charge in [-0.15, -0.1) is 0 Å². The van der Waals surface area contributed by atoms with Crippen LogP contribution in [0.15, 0.2) is 42.5 Å². The second-order valence-corrected chi connectivity index (χ2v) is 5.59. The summed E-state index contributed by atoms with van der Waals surface area (Å²) in [7, 11) is 0. The first-order valence-corrected chi connectivity index (χ1v) is 6.96. The van der Waals surface area contributed by atoms with Gasteiger partial charge in [0.15, 0.2) is 0 Å². The second kappa shape index (κ2) is 6.29. The molecule has 0 aliphatic rings. The van der Waals surface area contributed by atoms with E-state index >= 15 is 0 Å². The van der Waals surface area contributed by atoms with Crippen molar-refractivity contribution in [3.63, 3.8) is 0 Å². The Morgan fingerprint density at radius 3 is 2.25 bits per heavy atom. The molecule has 0 aliphatic carbocycles. The largest absolute Gasteiger partial charge is 0.481 e. The van der Waals surface area contributed by atoms with Crippen LogP contribution in [0.2, 0.25) is 10.0 Å². The minimum atomic E-state index is -0.846. The predicted octanol–water partition coefficient (Wildman–Crippen LogP) is 4.71. The molecule has 0 fully saturated rings. The van der Waals surface area contributed by atoms with E-state index in [1.807, 2.05) is 19.1 Å². The zero-order valence-corrected chi connectivity index (χ0v) is 12.4. The summed E-state index contributed by atoms with van der Waals surface area (Å²) in [5, 5.41) is 10.7. The van der Waals surface area contributed by atoms with Crippen molar-refractivity contribution in [2.24, 2.45) is 0 Å². The molecular formula is C16H14Cl2O2. The fourth-order valence-electron chi connectivity index (χ4n) is 2.15. The Kier molecular flexibility index (Phi) is 4.69. The molecule has 1 N–H and O–H groups in total. The molecule has 0 heterocycles. The van der Waals surface area contributed by atoms with Crippen molar-refractivity contribution < 1.29 is 9.90 Å². The standard InChI is InChI=1S/C16H14Cl2O2/c1-10-8-14(18)7-4-12(10)9-15(16(19)20)11-2-5-13(17)6-3-11/h2-8,15H,9H2,1H3,(H,19,20)/t15-/m0/s1. The molecule has 0 amide bonds. The molecule has 0 aromatic heterocycles. The first-order valence-electron chi connectivity index (χ1n) is 6.20. The summed E-state index contributed by atoms with van der Waals surface area (Å²) in [4.78, 5) is 11.5. The molecule has 0 spiro atoms. The van der Waals surface area contributed by atoms with Crippen molar-refractivity contribution in [1.82, 2.24) is 0 Å². The topological polar surface area (TPSA) is 37.3 Å². The van der Waals surface area contributed by atoms with Gasteiger partial charge in [-0.25, -0.2) is 0 Å². The Hall–Kier alpha value is -1.51. The van der Waals surface area contributed by atoms with Crippen LogP contribution >= 0.6 is 23.2 Å². The Bertz CT molecular complexity index is 621. The Labute approximate surface area is 128 Å². The van der Waals surface area contributed by atoms with Crippen LogP contribution in [0, 0.1) is 6.92 Å². The molecule has 2 rings (SSSR count). The summed E-state index contributed by atoms with van der Waals surface area (Å²) >= 11 is 11.8. The van der Waals surface area contributed by atoms with E-state index in [-0.39, 0.29) is 0 Å². The van der Waals surface area contributed by atoms with Gasteiger partial charge in [-0.05, 0) is 54.3 Å². The van der Waals surface area contributed by atoms with Gasteiger partial charge in [-0.3, -0.25) is 4.79 Å². The molecule has 1 atom stereocenters. The molecule has 0 bridgehead atoms. The molecule has 4 heteroatoms. The number of carboxylic acid groups (broad SMARTS) is 1. The lowest BCUT2D eigenvalue weighted by Gasteiger charge is -2.15. The molecule has 0 unspecified atom stereocenters. The number of hydrogen-bond acceptors (Lipinski definition) is 1. The van der Waals surface area contributed by atoms with Gasteiger partial charge in [0, 0.05) is 10.0 Å². The zero-order chi connectivity index (χ0) is 14.7. The van der Waals surface area contributed by atoms with Crippen molar-refractivity contribution in [3.05, 3.63) is 69.2 Å². The lowest BCUT2D eigenvalue weighted by atomic mass is 9.90. The average Bonchev–Trinajstić information content (AvgIpc) is 2.39. The molecule has 0 saturated heterocycles. The van der Waals surface area contributed by atoms with E-state index in [4.69, 9.17) is 23.2 Å². The minimum Gasteiger partial charge on any atom is -0.481 e. The molecular weight excluding hydrogens is 295 g/mol. The fraction of sp³-hybridized carbons (Fsp3) is 0.188.